The molecule has 1 heteroatoms. The van der Waals surface area contributed by atoms with Gasteiger partial charge >= 0.3 is 0 Å². The minimum Gasteiger partial charge on any atom is -0.313 e. The quantitative estimate of drug-likeness (QED) is 0.767. The Hall–Kier alpha value is -0.820. The lowest BCUT2D eigenvalue weighted by molar-refractivity contribution is 0.514. The molecule has 1 saturated carbocycles. The fourth-order valence-corrected chi connectivity index (χ4v) is 1.99. The molecule has 1 N–H and O–H groups in total. The van der Waals surface area contributed by atoms with Crippen LogP contribution in [0.15, 0.2) is 24.3 Å². The van der Waals surface area contributed by atoms with Crippen molar-refractivity contribution < 1.29 is 0 Å². The van der Waals surface area contributed by atoms with E-state index in [1.54, 1.807) is 0 Å². The third-order valence-corrected chi connectivity index (χ3v) is 3.06. The fourth-order valence-electron chi connectivity index (χ4n) is 1.99. The molecule has 1 aliphatic carbocycles. The number of benzene rings is 1. The van der Waals surface area contributed by atoms with Crippen molar-refractivity contribution in [2.75, 3.05) is 7.05 Å². The second kappa shape index (κ2) is 4.14. The van der Waals surface area contributed by atoms with Gasteiger partial charge in [0.15, 0.2) is 0 Å². The van der Waals surface area contributed by atoms with E-state index in [-0.39, 0.29) is 0 Å². The first-order chi connectivity index (χ1) is 6.79. The highest BCUT2D eigenvalue weighted by Crippen LogP contribution is 2.37. The van der Waals surface area contributed by atoms with Crippen LogP contribution in [-0.4, -0.2) is 7.05 Å². The van der Waals surface area contributed by atoms with Gasteiger partial charge < -0.3 is 5.32 Å². The lowest BCUT2D eigenvalue weighted by Gasteiger charge is -2.16. The van der Waals surface area contributed by atoms with Gasteiger partial charge in [0, 0.05) is 6.04 Å². The van der Waals surface area contributed by atoms with Crippen molar-refractivity contribution in [2.45, 2.75) is 32.2 Å². The van der Waals surface area contributed by atoms with Gasteiger partial charge in [0.05, 0.1) is 0 Å². The summed E-state index contributed by atoms with van der Waals surface area (Å²) in [4.78, 5) is 0. The fraction of sp³-hybridized carbons (Fsp3) is 0.538. The van der Waals surface area contributed by atoms with Crippen molar-refractivity contribution in [3.05, 3.63) is 35.4 Å². The molecule has 1 atom stereocenters. The zero-order valence-electron chi connectivity index (χ0n) is 9.09. The summed E-state index contributed by atoms with van der Waals surface area (Å²) in [6.07, 6.45) is 4.17. The normalized spacial score (nSPS) is 18.1. The van der Waals surface area contributed by atoms with E-state index in [1.165, 1.54) is 30.4 Å². The molecule has 0 amide bonds. The molecule has 2 rings (SSSR count). The van der Waals surface area contributed by atoms with E-state index in [0.717, 1.165) is 5.92 Å². The highest BCUT2D eigenvalue weighted by atomic mass is 14.9. The minimum atomic E-state index is 0.558. The zero-order chi connectivity index (χ0) is 9.97. The Morgan fingerprint density at radius 1 is 1.43 bits per heavy atom. The third-order valence-electron chi connectivity index (χ3n) is 3.06. The molecule has 1 nitrogen and oxygen atoms in total. The van der Waals surface area contributed by atoms with Crippen LogP contribution in [0.5, 0.6) is 0 Å². The molecule has 0 aromatic heterocycles. The first-order valence-electron chi connectivity index (χ1n) is 5.53. The van der Waals surface area contributed by atoms with Crippen LogP contribution in [0, 0.1) is 12.8 Å². The summed E-state index contributed by atoms with van der Waals surface area (Å²) in [5.74, 6) is 0.980. The molecular formula is C13H19N. The van der Waals surface area contributed by atoms with Gasteiger partial charge in [-0.25, -0.2) is 0 Å². The highest BCUT2D eigenvalue weighted by Gasteiger charge is 2.25. The van der Waals surface area contributed by atoms with Crippen molar-refractivity contribution in [1.29, 1.82) is 0 Å². The maximum atomic E-state index is 3.42. The van der Waals surface area contributed by atoms with E-state index in [1.807, 2.05) is 0 Å². The monoisotopic (exact) mass is 189 g/mol. The number of hydrogen-bond acceptors (Lipinski definition) is 1. The molecule has 0 spiro atoms. The van der Waals surface area contributed by atoms with Crippen LogP contribution < -0.4 is 5.32 Å². The van der Waals surface area contributed by atoms with Gasteiger partial charge in [-0.2, -0.15) is 0 Å². The predicted molar refractivity (Wildman–Crippen MR) is 60.3 cm³/mol. The van der Waals surface area contributed by atoms with Crippen LogP contribution in [0.25, 0.3) is 0 Å². The van der Waals surface area contributed by atoms with Gasteiger partial charge in [0.1, 0.15) is 0 Å². The standard InChI is InChI=1S/C13H19N/c1-10-4-3-5-12(8-10)13(14-2)9-11-6-7-11/h3-5,8,11,13-14H,6-7,9H2,1-2H3. The summed E-state index contributed by atoms with van der Waals surface area (Å²) in [5.41, 5.74) is 2.80. The molecule has 0 heterocycles. The van der Waals surface area contributed by atoms with E-state index in [4.69, 9.17) is 0 Å². The van der Waals surface area contributed by atoms with Gasteiger partial charge in [0.2, 0.25) is 0 Å². The van der Waals surface area contributed by atoms with Crippen molar-refractivity contribution in [3.8, 4) is 0 Å². The average molecular weight is 189 g/mol. The molecule has 0 bridgehead atoms. The summed E-state index contributed by atoms with van der Waals surface area (Å²) in [6.45, 7) is 2.16. The highest BCUT2D eigenvalue weighted by molar-refractivity contribution is 5.25. The minimum absolute atomic E-state index is 0.558. The summed E-state index contributed by atoms with van der Waals surface area (Å²) < 4.78 is 0. The first kappa shape index (κ1) is 9.72. The molecule has 0 radical (unpaired) electrons. The molecule has 14 heavy (non-hydrogen) atoms. The Balaban J connectivity index is 2.08. The molecule has 1 unspecified atom stereocenters. The second-order valence-electron chi connectivity index (χ2n) is 4.43. The average Bonchev–Trinajstić information content (AvgIpc) is 2.98. The molecule has 76 valence electrons. The van der Waals surface area contributed by atoms with Crippen LogP contribution in [0.3, 0.4) is 0 Å². The maximum Gasteiger partial charge on any atom is 0.0320 e. The largest absolute Gasteiger partial charge is 0.313 e. The molecule has 1 aromatic carbocycles. The van der Waals surface area contributed by atoms with Crippen molar-refractivity contribution >= 4 is 0 Å². The molecule has 1 fully saturated rings. The van der Waals surface area contributed by atoms with Gasteiger partial charge in [-0.15, -0.1) is 0 Å². The van der Waals surface area contributed by atoms with Crippen LogP contribution in [0.1, 0.15) is 36.4 Å². The number of nitrogens with one attached hydrogen (secondary N) is 1. The Bertz CT molecular complexity index is 302. The molecule has 1 aromatic rings. The summed E-state index contributed by atoms with van der Waals surface area (Å²) in [6, 6.07) is 9.40. The predicted octanol–water partition coefficient (Wildman–Crippen LogP) is 3.06. The molecular weight excluding hydrogens is 170 g/mol. The Morgan fingerprint density at radius 2 is 2.21 bits per heavy atom. The SMILES string of the molecule is CNC(CC1CC1)c1cccc(C)c1. The lowest BCUT2D eigenvalue weighted by Crippen LogP contribution is -2.16. The van der Waals surface area contributed by atoms with Crippen molar-refractivity contribution in [2.24, 2.45) is 5.92 Å². The second-order valence-corrected chi connectivity index (χ2v) is 4.43. The van der Waals surface area contributed by atoms with E-state index in [9.17, 15) is 0 Å². The smallest absolute Gasteiger partial charge is 0.0320 e. The van der Waals surface area contributed by atoms with E-state index >= 15 is 0 Å². The Kier molecular flexibility index (Phi) is 2.87. The van der Waals surface area contributed by atoms with Crippen molar-refractivity contribution in [3.63, 3.8) is 0 Å². The van der Waals surface area contributed by atoms with E-state index in [2.05, 4.69) is 43.6 Å². The van der Waals surface area contributed by atoms with Crippen LogP contribution in [0.4, 0.5) is 0 Å². The topological polar surface area (TPSA) is 12.0 Å². The molecule has 0 aliphatic heterocycles. The maximum absolute atomic E-state index is 3.42. The molecule has 1 aliphatic rings. The summed E-state index contributed by atoms with van der Waals surface area (Å²) in [5, 5.41) is 3.42. The van der Waals surface area contributed by atoms with Crippen LogP contribution in [-0.2, 0) is 0 Å². The summed E-state index contributed by atoms with van der Waals surface area (Å²) in [7, 11) is 2.06. The van der Waals surface area contributed by atoms with E-state index < -0.39 is 0 Å². The van der Waals surface area contributed by atoms with Crippen LogP contribution >= 0.6 is 0 Å². The molecule has 0 saturated heterocycles. The number of aryl methyl sites for hydroxylation is 1. The first-order valence-corrected chi connectivity index (χ1v) is 5.53. The van der Waals surface area contributed by atoms with Crippen LogP contribution in [0.2, 0.25) is 0 Å². The third kappa shape index (κ3) is 2.36. The Labute approximate surface area is 86.5 Å². The van der Waals surface area contributed by atoms with Gasteiger partial charge in [-0.3, -0.25) is 0 Å². The Morgan fingerprint density at radius 3 is 2.79 bits per heavy atom. The van der Waals surface area contributed by atoms with Crippen molar-refractivity contribution in [1.82, 2.24) is 5.32 Å². The summed E-state index contributed by atoms with van der Waals surface area (Å²) >= 11 is 0. The van der Waals surface area contributed by atoms with E-state index in [0.29, 0.717) is 6.04 Å². The zero-order valence-corrected chi connectivity index (χ0v) is 9.09. The number of rotatable bonds is 4. The number of hydrogen-bond donors (Lipinski definition) is 1. The van der Waals surface area contributed by atoms with Gasteiger partial charge in [-0.05, 0) is 31.9 Å². The lowest BCUT2D eigenvalue weighted by atomic mass is 10.00. The van der Waals surface area contributed by atoms with Gasteiger partial charge in [-0.1, -0.05) is 42.7 Å². The van der Waals surface area contributed by atoms with Gasteiger partial charge in [0.25, 0.3) is 0 Å².